The number of carbonyl (C=O) groups is 2. The number of furan rings is 1. The molecule has 4 rings (SSSR count). The summed E-state index contributed by atoms with van der Waals surface area (Å²) in [6.07, 6.45) is 1.53. The maximum absolute atomic E-state index is 13.1. The van der Waals surface area contributed by atoms with Crippen LogP contribution < -0.4 is 14.8 Å². The van der Waals surface area contributed by atoms with Crippen LogP contribution in [0.25, 0.3) is 11.0 Å². The van der Waals surface area contributed by atoms with E-state index in [1.807, 2.05) is 0 Å². The number of carbonyl (C=O) groups excluding carboxylic acids is 2. The summed E-state index contributed by atoms with van der Waals surface area (Å²) < 4.78 is 21.9. The lowest BCUT2D eigenvalue weighted by atomic mass is 10.1. The predicted octanol–water partition coefficient (Wildman–Crippen LogP) is 5.17. The van der Waals surface area contributed by atoms with Gasteiger partial charge in [0.05, 0.1) is 31.6 Å². The molecule has 0 aliphatic heterocycles. The summed E-state index contributed by atoms with van der Waals surface area (Å²) in [6.45, 7) is 0. The summed E-state index contributed by atoms with van der Waals surface area (Å²) >= 11 is 1.05. The summed E-state index contributed by atoms with van der Waals surface area (Å²) in [5, 5.41) is 3.27. The number of aromatic nitrogens is 1. The monoisotopic (exact) mass is 509 g/mol. The van der Waals surface area contributed by atoms with Gasteiger partial charge in [-0.3, -0.25) is 9.59 Å². The first-order valence-electron chi connectivity index (χ1n) is 10.6. The van der Waals surface area contributed by atoms with Gasteiger partial charge in [0.2, 0.25) is 0 Å². The van der Waals surface area contributed by atoms with Crippen LogP contribution in [0.5, 0.6) is 17.2 Å². The molecule has 0 unspecified atom stereocenters. The molecule has 0 aliphatic rings. The van der Waals surface area contributed by atoms with Crippen molar-refractivity contribution < 1.29 is 32.7 Å². The number of hydrogen-bond donors (Lipinski definition) is 1. The molecule has 36 heavy (non-hydrogen) atoms. The van der Waals surface area contributed by atoms with Crippen LogP contribution in [-0.4, -0.2) is 50.0 Å². The molecule has 1 N–H and O–H groups in total. The zero-order valence-corrected chi connectivity index (χ0v) is 20.8. The van der Waals surface area contributed by atoms with Crippen LogP contribution in [0, 0.1) is 0 Å². The maximum atomic E-state index is 13.1. The number of hydrogen-bond acceptors (Lipinski definition) is 9. The summed E-state index contributed by atoms with van der Waals surface area (Å²) in [5.74, 6) is 1.07. The number of nitrogens with zero attached hydrogens (tertiary/aromatic N) is 2. The van der Waals surface area contributed by atoms with Crippen molar-refractivity contribution in [1.82, 2.24) is 9.88 Å². The highest BCUT2D eigenvalue weighted by molar-refractivity contribution is 7.94. The smallest absolute Gasteiger partial charge is 0.289 e. The summed E-state index contributed by atoms with van der Waals surface area (Å²) in [7, 11) is 6.20. The average Bonchev–Trinajstić information content (AvgIpc) is 3.32. The lowest BCUT2D eigenvalue weighted by Gasteiger charge is -2.10. The molecule has 2 heterocycles. The molecule has 0 bridgehead atoms. The number of benzene rings is 2. The first-order chi connectivity index (χ1) is 17.4. The Kier molecular flexibility index (Phi) is 7.74. The second kappa shape index (κ2) is 11.1. The normalized spacial score (nSPS) is 10.8. The summed E-state index contributed by atoms with van der Waals surface area (Å²) in [6, 6.07) is 15.1. The van der Waals surface area contributed by atoms with Gasteiger partial charge < -0.3 is 24.1 Å². The molecule has 0 aliphatic carbocycles. The Labute approximate surface area is 211 Å². The van der Waals surface area contributed by atoms with E-state index in [1.165, 1.54) is 25.3 Å². The third kappa shape index (κ3) is 5.77. The van der Waals surface area contributed by atoms with Crippen LogP contribution in [0.15, 0.2) is 70.1 Å². The van der Waals surface area contributed by atoms with Gasteiger partial charge in [0.1, 0.15) is 28.6 Å². The van der Waals surface area contributed by atoms with E-state index in [-0.39, 0.29) is 17.2 Å². The Hall–Kier alpha value is -4.06. The zero-order valence-electron chi connectivity index (χ0n) is 19.9. The van der Waals surface area contributed by atoms with Gasteiger partial charge in [0.15, 0.2) is 5.76 Å². The lowest BCUT2D eigenvalue weighted by Crippen LogP contribution is -2.20. The van der Waals surface area contributed by atoms with Crippen molar-refractivity contribution >= 4 is 40.6 Å². The molecule has 2 aromatic carbocycles. The van der Waals surface area contributed by atoms with E-state index in [2.05, 4.69) is 15.2 Å². The van der Waals surface area contributed by atoms with E-state index in [1.54, 1.807) is 68.7 Å². The molecule has 0 saturated heterocycles. The van der Waals surface area contributed by atoms with Crippen LogP contribution in [-0.2, 0) is 9.22 Å². The van der Waals surface area contributed by atoms with Crippen molar-refractivity contribution in [3.8, 4) is 17.2 Å². The minimum atomic E-state index is -0.442. The summed E-state index contributed by atoms with van der Waals surface area (Å²) in [5.41, 5.74) is 0.572. The van der Waals surface area contributed by atoms with Gasteiger partial charge in [-0.1, -0.05) is 0 Å². The topological polar surface area (TPSA) is 112 Å². The molecule has 186 valence electrons. The molecule has 0 spiro atoms. The van der Waals surface area contributed by atoms with Crippen LogP contribution in [0.1, 0.15) is 20.9 Å². The molecule has 4 aromatic rings. The van der Waals surface area contributed by atoms with Crippen LogP contribution in [0.2, 0.25) is 0 Å². The van der Waals surface area contributed by atoms with E-state index in [0.29, 0.717) is 34.0 Å². The van der Waals surface area contributed by atoms with Crippen molar-refractivity contribution in [3.05, 3.63) is 72.1 Å². The number of methoxy groups -OCH3 is 1. The average molecular weight is 510 g/mol. The van der Waals surface area contributed by atoms with E-state index in [0.717, 1.165) is 16.9 Å². The number of ether oxygens (including phenoxy) is 2. The number of fused-ring (bicyclic) bond motifs is 1. The Morgan fingerprint density at radius 3 is 2.47 bits per heavy atom. The highest BCUT2D eigenvalue weighted by atomic mass is 32.2. The Morgan fingerprint density at radius 1 is 1.00 bits per heavy atom. The van der Waals surface area contributed by atoms with Gasteiger partial charge in [-0.15, -0.1) is 0 Å². The largest absolute Gasteiger partial charge is 0.497 e. The van der Waals surface area contributed by atoms with Gasteiger partial charge in [0, 0.05) is 42.9 Å². The number of nitrogens with one attached hydrogen (secondary N) is 1. The second-order valence-electron chi connectivity index (χ2n) is 7.62. The second-order valence-corrected chi connectivity index (χ2v) is 8.40. The number of anilines is 1. The first kappa shape index (κ1) is 25.0. The van der Waals surface area contributed by atoms with E-state index in [9.17, 15) is 9.59 Å². The fourth-order valence-corrected chi connectivity index (χ4v) is 3.60. The van der Waals surface area contributed by atoms with Crippen molar-refractivity contribution in [2.24, 2.45) is 0 Å². The number of amides is 2. The number of pyridine rings is 1. The van der Waals surface area contributed by atoms with E-state index in [4.69, 9.17) is 18.2 Å². The molecular formula is C25H23N3O7S. The van der Waals surface area contributed by atoms with Gasteiger partial charge in [-0.2, -0.15) is 4.33 Å². The van der Waals surface area contributed by atoms with Crippen LogP contribution in [0.4, 0.5) is 5.82 Å². The quantitative estimate of drug-likeness (QED) is 0.185. The van der Waals surface area contributed by atoms with Gasteiger partial charge in [-0.05, 0) is 42.5 Å². The predicted molar refractivity (Wildman–Crippen MR) is 133 cm³/mol. The SMILES string of the molecule is COOSc1ccc(Oc2cc(C(=O)Nc3cc(OC)ccn3)cc3oc(C(=O)N(C)C)cc23)cc1. The Morgan fingerprint density at radius 2 is 1.78 bits per heavy atom. The van der Waals surface area contributed by atoms with Crippen molar-refractivity contribution in [2.45, 2.75) is 4.90 Å². The highest BCUT2D eigenvalue weighted by Crippen LogP contribution is 2.35. The van der Waals surface area contributed by atoms with E-state index >= 15 is 0 Å². The minimum absolute atomic E-state index is 0.121. The van der Waals surface area contributed by atoms with Crippen LogP contribution >= 0.6 is 12.0 Å². The molecule has 0 radical (unpaired) electrons. The molecule has 11 heteroatoms. The van der Waals surface area contributed by atoms with Crippen LogP contribution in [0.3, 0.4) is 0 Å². The molecule has 0 saturated carbocycles. The third-order valence-corrected chi connectivity index (χ3v) is 5.61. The van der Waals surface area contributed by atoms with Crippen molar-refractivity contribution in [1.29, 1.82) is 0 Å². The van der Waals surface area contributed by atoms with Crippen molar-refractivity contribution in [2.75, 3.05) is 33.6 Å². The molecule has 10 nitrogen and oxygen atoms in total. The third-order valence-electron chi connectivity index (χ3n) is 4.94. The van der Waals surface area contributed by atoms with Crippen molar-refractivity contribution in [3.63, 3.8) is 0 Å². The highest BCUT2D eigenvalue weighted by Gasteiger charge is 2.20. The Bertz CT molecular complexity index is 1390. The van der Waals surface area contributed by atoms with E-state index < -0.39 is 5.91 Å². The number of rotatable bonds is 9. The maximum Gasteiger partial charge on any atom is 0.289 e. The standard InChI is InChI=1S/C25H23N3O7S/c1-28(2)25(30)22-14-19-20(33-16-5-7-18(8-6-16)36-35-32-4)11-15(12-21(19)34-22)24(29)27-23-13-17(31-3)9-10-26-23/h5-14H,1-4H3,(H,26,27,29). The minimum Gasteiger partial charge on any atom is -0.497 e. The van der Waals surface area contributed by atoms with Gasteiger partial charge in [0.25, 0.3) is 11.8 Å². The molecule has 0 fully saturated rings. The fraction of sp³-hybridized carbons (Fsp3) is 0.160. The molecule has 0 atom stereocenters. The fourth-order valence-electron chi connectivity index (χ4n) is 3.21. The molecular weight excluding hydrogens is 486 g/mol. The lowest BCUT2D eigenvalue weighted by molar-refractivity contribution is -0.160. The molecule has 2 amide bonds. The molecule has 2 aromatic heterocycles. The zero-order chi connectivity index (χ0) is 25.7. The Balaban J connectivity index is 1.69. The van der Waals surface area contributed by atoms with Gasteiger partial charge in [-0.25, -0.2) is 9.87 Å². The first-order valence-corrected chi connectivity index (χ1v) is 11.4. The van der Waals surface area contributed by atoms with Gasteiger partial charge >= 0.3 is 0 Å². The summed E-state index contributed by atoms with van der Waals surface area (Å²) in [4.78, 5) is 36.5.